The Hall–Kier alpha value is -2.28. The molecule has 1 aliphatic heterocycles. The molecule has 35 heavy (non-hydrogen) atoms. The van der Waals surface area contributed by atoms with E-state index in [4.69, 9.17) is 4.74 Å². The second-order valence-electron chi connectivity index (χ2n) is 10.3. The molecular weight excluding hydrogens is 442 g/mol. The second-order valence-corrected chi connectivity index (χ2v) is 10.3. The van der Waals surface area contributed by atoms with Crippen molar-refractivity contribution in [1.82, 2.24) is 5.32 Å². The molecule has 2 aliphatic rings. The number of aliphatic hydroxyl groups excluding tert-OH is 1. The first-order chi connectivity index (χ1) is 16.6. The minimum Gasteiger partial charge on any atom is -0.394 e. The Morgan fingerprint density at radius 2 is 1.91 bits per heavy atom. The van der Waals surface area contributed by atoms with Gasteiger partial charge >= 0.3 is 0 Å². The van der Waals surface area contributed by atoms with E-state index in [2.05, 4.69) is 52.1 Å². The van der Waals surface area contributed by atoms with Crippen LogP contribution >= 0.6 is 0 Å². The van der Waals surface area contributed by atoms with E-state index < -0.39 is 36.0 Å². The van der Waals surface area contributed by atoms with E-state index in [0.29, 0.717) is 17.8 Å². The maximum atomic E-state index is 12.2. The minimum atomic E-state index is -1.72. The molecule has 1 fully saturated rings. The SMILES string of the molecule is CCC(C)/C=C(\C)CC(C)CC(C)/C=C/C=C/C=C/C(=O)NC(CO)C[C@@]1(O)C(=O)C=CC2OC21. The minimum absolute atomic E-state index is 0.102. The van der Waals surface area contributed by atoms with Crippen LogP contribution in [0.5, 0.6) is 0 Å². The summed E-state index contributed by atoms with van der Waals surface area (Å²) >= 11 is 0. The lowest BCUT2D eigenvalue weighted by Gasteiger charge is -2.29. The summed E-state index contributed by atoms with van der Waals surface area (Å²) in [6.07, 6.45) is 18.5. The number of carbonyl (C=O) groups is 2. The first-order valence-corrected chi connectivity index (χ1v) is 12.8. The molecule has 6 heteroatoms. The molecule has 0 radical (unpaired) electrons. The summed E-state index contributed by atoms with van der Waals surface area (Å²) < 4.78 is 5.31. The number of aliphatic hydroxyl groups is 2. The van der Waals surface area contributed by atoms with Crippen LogP contribution in [0.2, 0.25) is 0 Å². The highest BCUT2D eigenvalue weighted by Crippen LogP contribution is 2.40. The van der Waals surface area contributed by atoms with Crippen molar-refractivity contribution in [2.45, 2.75) is 84.2 Å². The maximum absolute atomic E-state index is 12.2. The number of hydrogen-bond acceptors (Lipinski definition) is 5. The number of hydrogen-bond donors (Lipinski definition) is 3. The first kappa shape index (κ1) is 29.0. The van der Waals surface area contributed by atoms with E-state index in [-0.39, 0.29) is 12.5 Å². The summed E-state index contributed by atoms with van der Waals surface area (Å²) in [5.74, 6) is 0.852. The lowest BCUT2D eigenvalue weighted by Crippen LogP contribution is -2.52. The van der Waals surface area contributed by atoms with Crippen molar-refractivity contribution in [2.24, 2.45) is 17.8 Å². The molecule has 6 unspecified atom stereocenters. The van der Waals surface area contributed by atoms with Gasteiger partial charge in [-0.1, -0.05) is 76.1 Å². The molecule has 0 aromatic rings. The molecule has 0 bridgehead atoms. The van der Waals surface area contributed by atoms with Gasteiger partial charge in [0.15, 0.2) is 11.4 Å². The third-order valence-electron chi connectivity index (χ3n) is 6.66. The summed E-state index contributed by atoms with van der Waals surface area (Å²) in [5.41, 5.74) is -0.248. The van der Waals surface area contributed by atoms with Crippen molar-refractivity contribution in [1.29, 1.82) is 0 Å². The molecule has 3 N–H and O–H groups in total. The lowest BCUT2D eigenvalue weighted by atomic mass is 9.82. The highest BCUT2D eigenvalue weighted by atomic mass is 16.6. The van der Waals surface area contributed by atoms with Crippen LogP contribution < -0.4 is 5.32 Å². The molecule has 0 saturated carbocycles. The molecular formula is C29H43NO5. The smallest absolute Gasteiger partial charge is 0.244 e. The number of nitrogens with one attached hydrogen (secondary N) is 1. The van der Waals surface area contributed by atoms with E-state index in [9.17, 15) is 19.8 Å². The Balaban J connectivity index is 1.73. The summed E-state index contributed by atoms with van der Waals surface area (Å²) in [4.78, 5) is 24.3. The molecule has 0 spiro atoms. The van der Waals surface area contributed by atoms with Crippen molar-refractivity contribution < 1.29 is 24.5 Å². The normalized spacial score (nSPS) is 27.9. The van der Waals surface area contributed by atoms with E-state index in [1.54, 1.807) is 18.2 Å². The number of rotatable bonds is 14. The quantitative estimate of drug-likeness (QED) is 0.148. The zero-order chi connectivity index (χ0) is 26.0. The number of carbonyl (C=O) groups excluding carboxylic acids is 2. The molecule has 1 aliphatic carbocycles. The van der Waals surface area contributed by atoms with Crippen LogP contribution in [0.1, 0.15) is 60.3 Å². The van der Waals surface area contributed by atoms with E-state index in [1.165, 1.54) is 24.1 Å². The van der Waals surface area contributed by atoms with E-state index in [0.717, 1.165) is 12.8 Å². The summed E-state index contributed by atoms with van der Waals surface area (Å²) in [6, 6.07) is -0.757. The average Bonchev–Trinajstić information content (AvgIpc) is 3.59. The summed E-state index contributed by atoms with van der Waals surface area (Å²) in [6.45, 7) is 10.8. The lowest BCUT2D eigenvalue weighted by molar-refractivity contribution is -0.137. The molecule has 7 atom stereocenters. The van der Waals surface area contributed by atoms with Crippen LogP contribution in [0.15, 0.2) is 60.3 Å². The van der Waals surface area contributed by atoms with Gasteiger partial charge in [0.25, 0.3) is 0 Å². The van der Waals surface area contributed by atoms with Gasteiger partial charge in [-0.25, -0.2) is 0 Å². The topological polar surface area (TPSA) is 99.2 Å². The molecule has 0 aromatic heterocycles. The van der Waals surface area contributed by atoms with Crippen LogP contribution in [0.25, 0.3) is 0 Å². The highest BCUT2D eigenvalue weighted by Gasteiger charge is 2.59. The van der Waals surface area contributed by atoms with Gasteiger partial charge in [-0.15, -0.1) is 0 Å². The maximum Gasteiger partial charge on any atom is 0.244 e. The Morgan fingerprint density at radius 1 is 1.20 bits per heavy atom. The van der Waals surface area contributed by atoms with Gasteiger partial charge in [-0.05, 0) is 49.7 Å². The Kier molecular flexibility index (Phi) is 11.3. The Labute approximate surface area is 210 Å². The summed E-state index contributed by atoms with van der Waals surface area (Å²) in [7, 11) is 0. The first-order valence-electron chi connectivity index (χ1n) is 12.8. The number of ketones is 1. The third kappa shape index (κ3) is 9.36. The van der Waals surface area contributed by atoms with Crippen molar-refractivity contribution >= 4 is 11.7 Å². The average molecular weight is 486 g/mol. The molecule has 1 heterocycles. The van der Waals surface area contributed by atoms with Crippen LogP contribution in [0.3, 0.4) is 0 Å². The van der Waals surface area contributed by atoms with Crippen molar-refractivity contribution in [3.05, 3.63) is 60.3 Å². The molecule has 194 valence electrons. The van der Waals surface area contributed by atoms with Gasteiger partial charge in [-0.3, -0.25) is 9.59 Å². The van der Waals surface area contributed by atoms with Gasteiger partial charge in [-0.2, -0.15) is 0 Å². The van der Waals surface area contributed by atoms with Crippen molar-refractivity contribution in [3.63, 3.8) is 0 Å². The predicted molar refractivity (Wildman–Crippen MR) is 140 cm³/mol. The zero-order valence-electron chi connectivity index (χ0n) is 21.8. The van der Waals surface area contributed by atoms with E-state index in [1.807, 2.05) is 12.2 Å². The van der Waals surface area contributed by atoms with Crippen LogP contribution in [0, 0.1) is 17.8 Å². The third-order valence-corrected chi connectivity index (χ3v) is 6.66. The fourth-order valence-corrected chi connectivity index (χ4v) is 4.67. The second kappa shape index (κ2) is 13.7. The van der Waals surface area contributed by atoms with Gasteiger partial charge < -0.3 is 20.3 Å². The van der Waals surface area contributed by atoms with E-state index >= 15 is 0 Å². The van der Waals surface area contributed by atoms with Crippen LogP contribution in [-0.2, 0) is 14.3 Å². The van der Waals surface area contributed by atoms with Gasteiger partial charge in [0.1, 0.15) is 12.2 Å². The predicted octanol–water partition coefficient (Wildman–Crippen LogP) is 4.20. The number of allylic oxidation sites excluding steroid dienone is 7. The Bertz CT molecular complexity index is 870. The molecule has 1 amide bonds. The molecule has 6 nitrogen and oxygen atoms in total. The van der Waals surface area contributed by atoms with Crippen molar-refractivity contribution in [2.75, 3.05) is 6.61 Å². The largest absolute Gasteiger partial charge is 0.394 e. The summed E-state index contributed by atoms with van der Waals surface area (Å²) in [5, 5.41) is 22.9. The Morgan fingerprint density at radius 3 is 2.60 bits per heavy atom. The highest BCUT2D eigenvalue weighted by molar-refractivity contribution is 5.99. The van der Waals surface area contributed by atoms with Gasteiger partial charge in [0.05, 0.1) is 12.6 Å². The fraction of sp³-hybridized carbons (Fsp3) is 0.586. The monoisotopic (exact) mass is 485 g/mol. The number of amides is 1. The van der Waals surface area contributed by atoms with Gasteiger partial charge in [0.2, 0.25) is 5.91 Å². The molecule has 1 saturated heterocycles. The van der Waals surface area contributed by atoms with Crippen LogP contribution in [-0.4, -0.2) is 52.4 Å². The molecule has 2 rings (SSSR count). The number of ether oxygens (including phenoxy) is 1. The van der Waals surface area contributed by atoms with Crippen molar-refractivity contribution in [3.8, 4) is 0 Å². The van der Waals surface area contributed by atoms with Crippen LogP contribution in [0.4, 0.5) is 0 Å². The zero-order valence-corrected chi connectivity index (χ0v) is 21.8. The fourth-order valence-electron chi connectivity index (χ4n) is 4.67. The number of epoxide rings is 1. The number of fused-ring (bicyclic) bond motifs is 1. The molecule has 0 aromatic carbocycles. The van der Waals surface area contributed by atoms with Gasteiger partial charge in [0, 0.05) is 12.5 Å². The standard InChI is InChI=1S/C29H43NO5/c1-6-20(2)15-22(4)17-23(5)16-21(3)11-9-7-8-10-12-27(33)30-24(19-31)18-29(34)26(32)14-13-25-28(29)35-25/h7-15,20-21,23-25,28,31,34H,6,16-19H2,1-5H3,(H,30,33)/b8-7+,11-9+,12-10+,22-15+/t20?,21?,23?,24?,25?,28?,29-/m1/s1.